The molecule has 1 saturated heterocycles. The van der Waals surface area contributed by atoms with E-state index in [1.165, 1.54) is 0 Å². The largest absolute Gasteiger partial charge is 0.481 e. The van der Waals surface area contributed by atoms with E-state index in [1.807, 2.05) is 0 Å². The second-order valence-electron chi connectivity index (χ2n) is 3.68. The van der Waals surface area contributed by atoms with Crippen molar-refractivity contribution in [1.82, 2.24) is 5.32 Å². The molecule has 0 aromatic rings. The van der Waals surface area contributed by atoms with Gasteiger partial charge in [-0.05, 0) is 12.8 Å². The van der Waals surface area contributed by atoms with Gasteiger partial charge in [-0.25, -0.2) is 4.79 Å². The molecule has 1 amide bonds. The summed E-state index contributed by atoms with van der Waals surface area (Å²) < 4.78 is 4.69. The molecule has 1 rings (SSSR count). The maximum absolute atomic E-state index is 11.3. The van der Waals surface area contributed by atoms with Gasteiger partial charge in [-0.1, -0.05) is 0 Å². The van der Waals surface area contributed by atoms with E-state index in [0.29, 0.717) is 25.9 Å². The number of esters is 1. The van der Waals surface area contributed by atoms with Crippen molar-refractivity contribution in [3.63, 3.8) is 0 Å². The van der Waals surface area contributed by atoms with Crippen molar-refractivity contribution >= 4 is 17.8 Å². The summed E-state index contributed by atoms with van der Waals surface area (Å²) >= 11 is 0. The second kappa shape index (κ2) is 6.09. The number of rotatable bonds is 6. The fraction of sp³-hybridized carbons (Fsp3) is 0.700. The van der Waals surface area contributed by atoms with Gasteiger partial charge in [0, 0.05) is 19.3 Å². The summed E-state index contributed by atoms with van der Waals surface area (Å²) in [6.07, 6.45) is 1.81. The Hall–Kier alpha value is -1.59. The van der Waals surface area contributed by atoms with Gasteiger partial charge in [0.2, 0.25) is 5.91 Å². The smallest absolute Gasteiger partial charge is 0.328 e. The Balaban J connectivity index is 2.11. The molecule has 0 aromatic heterocycles. The molecule has 0 aromatic carbocycles. The number of carbonyl (C=O) groups is 3. The minimum Gasteiger partial charge on any atom is -0.481 e. The van der Waals surface area contributed by atoms with Crippen LogP contribution in [0.1, 0.15) is 32.1 Å². The summed E-state index contributed by atoms with van der Waals surface area (Å²) in [6.45, 7) is 0.350. The number of cyclic esters (lactones) is 1. The van der Waals surface area contributed by atoms with E-state index in [2.05, 4.69) is 5.32 Å². The van der Waals surface area contributed by atoms with Crippen LogP contribution in [0.15, 0.2) is 0 Å². The average Bonchev–Trinajstić information content (AvgIpc) is 2.59. The third-order valence-corrected chi connectivity index (χ3v) is 2.32. The quantitative estimate of drug-likeness (QED) is 0.496. The molecule has 16 heavy (non-hydrogen) atoms. The van der Waals surface area contributed by atoms with E-state index >= 15 is 0 Å². The summed E-state index contributed by atoms with van der Waals surface area (Å²) in [7, 11) is 0. The third kappa shape index (κ3) is 4.29. The van der Waals surface area contributed by atoms with Crippen molar-refractivity contribution in [2.75, 3.05) is 6.61 Å². The monoisotopic (exact) mass is 229 g/mol. The van der Waals surface area contributed by atoms with E-state index in [9.17, 15) is 14.4 Å². The molecule has 0 unspecified atom stereocenters. The molecule has 2 N–H and O–H groups in total. The lowest BCUT2D eigenvalue weighted by Gasteiger charge is -2.08. The summed E-state index contributed by atoms with van der Waals surface area (Å²) in [4.78, 5) is 32.5. The second-order valence-corrected chi connectivity index (χ2v) is 3.68. The highest BCUT2D eigenvalue weighted by Gasteiger charge is 2.27. The van der Waals surface area contributed by atoms with Crippen LogP contribution in [0.4, 0.5) is 0 Å². The van der Waals surface area contributed by atoms with Crippen LogP contribution in [-0.2, 0) is 19.1 Å². The van der Waals surface area contributed by atoms with Crippen molar-refractivity contribution in [3.05, 3.63) is 0 Å². The normalized spacial score (nSPS) is 19.2. The topological polar surface area (TPSA) is 92.7 Å². The molecule has 0 radical (unpaired) electrons. The Kier molecular flexibility index (Phi) is 4.75. The van der Waals surface area contributed by atoms with Crippen molar-refractivity contribution in [3.8, 4) is 0 Å². The van der Waals surface area contributed by atoms with E-state index in [4.69, 9.17) is 9.84 Å². The van der Waals surface area contributed by atoms with Crippen LogP contribution in [0.2, 0.25) is 0 Å². The van der Waals surface area contributed by atoms with Crippen LogP contribution < -0.4 is 5.32 Å². The fourth-order valence-corrected chi connectivity index (χ4v) is 1.46. The molecular weight excluding hydrogens is 214 g/mol. The lowest BCUT2D eigenvalue weighted by Crippen LogP contribution is -2.37. The zero-order valence-electron chi connectivity index (χ0n) is 8.90. The van der Waals surface area contributed by atoms with E-state index in [1.54, 1.807) is 0 Å². The average molecular weight is 229 g/mol. The first-order valence-electron chi connectivity index (χ1n) is 5.27. The maximum Gasteiger partial charge on any atom is 0.328 e. The lowest BCUT2D eigenvalue weighted by atomic mass is 10.1. The minimum absolute atomic E-state index is 0.0682. The summed E-state index contributed by atoms with van der Waals surface area (Å²) in [5.41, 5.74) is 0. The van der Waals surface area contributed by atoms with E-state index in [0.717, 1.165) is 0 Å². The Labute approximate surface area is 93.0 Å². The molecule has 1 aliphatic heterocycles. The van der Waals surface area contributed by atoms with Gasteiger partial charge in [0.15, 0.2) is 0 Å². The fourth-order valence-electron chi connectivity index (χ4n) is 1.46. The SMILES string of the molecule is O=C(O)CCCCC(=O)N[C@H]1CCOC1=O. The predicted molar refractivity (Wildman–Crippen MR) is 53.6 cm³/mol. The highest BCUT2D eigenvalue weighted by molar-refractivity contribution is 5.85. The molecule has 0 aliphatic carbocycles. The molecule has 0 bridgehead atoms. The Bertz CT molecular complexity index is 289. The lowest BCUT2D eigenvalue weighted by molar-refractivity contribution is -0.141. The van der Waals surface area contributed by atoms with Crippen LogP contribution in [-0.4, -0.2) is 35.6 Å². The van der Waals surface area contributed by atoms with Crippen LogP contribution >= 0.6 is 0 Å². The van der Waals surface area contributed by atoms with E-state index in [-0.39, 0.29) is 24.7 Å². The van der Waals surface area contributed by atoms with Crippen LogP contribution in [0.25, 0.3) is 0 Å². The van der Waals surface area contributed by atoms with Gasteiger partial charge >= 0.3 is 11.9 Å². The number of hydrogen-bond donors (Lipinski definition) is 2. The zero-order chi connectivity index (χ0) is 12.0. The summed E-state index contributed by atoms with van der Waals surface area (Å²) in [5.74, 6) is -1.48. The van der Waals surface area contributed by atoms with Crippen LogP contribution in [0.5, 0.6) is 0 Å². The minimum atomic E-state index is -0.861. The first-order valence-corrected chi connectivity index (χ1v) is 5.27. The molecule has 0 saturated carbocycles. The predicted octanol–water partition coefficient (Wildman–Crippen LogP) is 0.0631. The number of ether oxygens (including phenoxy) is 1. The Morgan fingerprint density at radius 2 is 2.06 bits per heavy atom. The number of aliphatic carboxylic acids is 1. The van der Waals surface area contributed by atoms with Crippen molar-refractivity contribution < 1.29 is 24.2 Å². The molecule has 1 atom stereocenters. The summed E-state index contributed by atoms with van der Waals surface area (Å²) in [6, 6.07) is -0.521. The number of carbonyl (C=O) groups excluding carboxylic acids is 2. The first kappa shape index (κ1) is 12.5. The van der Waals surface area contributed by atoms with Gasteiger partial charge in [-0.3, -0.25) is 9.59 Å². The molecule has 0 spiro atoms. The first-order chi connectivity index (χ1) is 7.59. The number of hydrogen-bond acceptors (Lipinski definition) is 4. The Morgan fingerprint density at radius 1 is 1.38 bits per heavy atom. The third-order valence-electron chi connectivity index (χ3n) is 2.32. The summed E-state index contributed by atoms with van der Waals surface area (Å²) in [5, 5.41) is 10.9. The highest BCUT2D eigenvalue weighted by atomic mass is 16.5. The van der Waals surface area contributed by atoms with Gasteiger partial charge in [-0.2, -0.15) is 0 Å². The molecule has 6 heteroatoms. The Morgan fingerprint density at radius 3 is 2.62 bits per heavy atom. The number of unbranched alkanes of at least 4 members (excludes halogenated alkanes) is 1. The van der Waals surface area contributed by atoms with E-state index < -0.39 is 12.0 Å². The molecule has 90 valence electrons. The molecule has 6 nitrogen and oxygen atoms in total. The van der Waals surface area contributed by atoms with Gasteiger partial charge in [-0.15, -0.1) is 0 Å². The zero-order valence-corrected chi connectivity index (χ0v) is 8.90. The number of nitrogens with one attached hydrogen (secondary N) is 1. The molecule has 1 fully saturated rings. The van der Waals surface area contributed by atoms with Gasteiger partial charge < -0.3 is 15.2 Å². The van der Waals surface area contributed by atoms with Gasteiger partial charge in [0.1, 0.15) is 6.04 Å². The van der Waals surface area contributed by atoms with Crippen molar-refractivity contribution in [2.45, 2.75) is 38.1 Å². The van der Waals surface area contributed by atoms with Gasteiger partial charge in [0.25, 0.3) is 0 Å². The van der Waals surface area contributed by atoms with Crippen LogP contribution in [0, 0.1) is 0 Å². The van der Waals surface area contributed by atoms with Gasteiger partial charge in [0.05, 0.1) is 6.61 Å². The highest BCUT2D eigenvalue weighted by Crippen LogP contribution is 2.07. The van der Waals surface area contributed by atoms with Crippen molar-refractivity contribution in [2.24, 2.45) is 0 Å². The molecule has 1 heterocycles. The number of amides is 1. The molecular formula is C10H15NO5. The maximum atomic E-state index is 11.3. The number of carboxylic acids is 1. The molecule has 1 aliphatic rings. The standard InChI is InChI=1S/C10H15NO5/c12-8(3-1-2-4-9(13)14)11-7-5-6-16-10(7)15/h7H,1-6H2,(H,11,12)(H,13,14)/t7-/m0/s1. The van der Waals surface area contributed by atoms with Crippen molar-refractivity contribution in [1.29, 1.82) is 0 Å². The van der Waals surface area contributed by atoms with Crippen LogP contribution in [0.3, 0.4) is 0 Å². The number of carboxylic acid groups (broad SMARTS) is 1.